The maximum atomic E-state index is 12.6. The van der Waals surface area contributed by atoms with E-state index in [-0.39, 0.29) is 6.61 Å². The molecule has 2 aromatic carbocycles. The topological polar surface area (TPSA) is 38.1 Å². The van der Waals surface area contributed by atoms with Gasteiger partial charge in [-0.15, -0.1) is 0 Å². The standard InChI is InChI=1S/C18H15F3N2O.2C2H6/c19-18(20,21)16-7-5-15(6-8-16)14-3-1-13(2-4-14)11-23-10-9-22-17(23)12-24;2*1-2/h1-10,24H,11-12H2;2*1-2H3. The summed E-state index contributed by atoms with van der Waals surface area (Å²) in [7, 11) is 0. The minimum absolute atomic E-state index is 0.128. The Labute approximate surface area is 164 Å². The maximum absolute atomic E-state index is 12.6. The number of aliphatic hydroxyl groups is 1. The highest BCUT2D eigenvalue weighted by molar-refractivity contribution is 5.64. The highest BCUT2D eigenvalue weighted by Crippen LogP contribution is 2.31. The van der Waals surface area contributed by atoms with Crippen molar-refractivity contribution in [3.05, 3.63) is 77.9 Å². The molecule has 3 rings (SSSR count). The van der Waals surface area contributed by atoms with Crippen molar-refractivity contribution in [2.75, 3.05) is 0 Å². The number of halogens is 3. The van der Waals surface area contributed by atoms with Crippen LogP contribution in [0.25, 0.3) is 11.1 Å². The molecule has 3 nitrogen and oxygen atoms in total. The van der Waals surface area contributed by atoms with Crippen molar-refractivity contribution in [3.63, 3.8) is 0 Å². The Balaban J connectivity index is 0.000000921. The smallest absolute Gasteiger partial charge is 0.388 e. The number of imidazole rings is 1. The Morgan fingerprint density at radius 1 is 0.857 bits per heavy atom. The lowest BCUT2D eigenvalue weighted by Gasteiger charge is -2.09. The summed E-state index contributed by atoms with van der Waals surface area (Å²) in [5.74, 6) is 0.585. The van der Waals surface area contributed by atoms with Gasteiger partial charge >= 0.3 is 6.18 Å². The number of hydrogen-bond donors (Lipinski definition) is 1. The third kappa shape index (κ3) is 6.23. The Bertz CT molecular complexity index is 807. The molecule has 0 aliphatic rings. The van der Waals surface area contributed by atoms with Crippen LogP contribution in [0.3, 0.4) is 0 Å². The van der Waals surface area contributed by atoms with E-state index < -0.39 is 11.7 Å². The second-order valence-corrected chi connectivity index (χ2v) is 5.40. The monoisotopic (exact) mass is 392 g/mol. The zero-order valence-electron chi connectivity index (χ0n) is 16.7. The van der Waals surface area contributed by atoms with E-state index in [4.69, 9.17) is 0 Å². The molecular weight excluding hydrogens is 365 g/mol. The van der Waals surface area contributed by atoms with E-state index in [1.807, 2.05) is 56.5 Å². The summed E-state index contributed by atoms with van der Waals surface area (Å²) < 4.78 is 39.6. The molecular formula is C22H27F3N2O. The minimum atomic E-state index is -4.32. The summed E-state index contributed by atoms with van der Waals surface area (Å²) in [4.78, 5) is 4.05. The van der Waals surface area contributed by atoms with Crippen molar-refractivity contribution in [3.8, 4) is 11.1 Å². The van der Waals surface area contributed by atoms with E-state index in [0.717, 1.165) is 28.8 Å². The van der Waals surface area contributed by atoms with Crippen molar-refractivity contribution in [2.24, 2.45) is 0 Å². The molecule has 1 heterocycles. The largest absolute Gasteiger partial charge is 0.416 e. The van der Waals surface area contributed by atoms with Crippen LogP contribution in [0.5, 0.6) is 0 Å². The van der Waals surface area contributed by atoms with Crippen molar-refractivity contribution in [1.29, 1.82) is 0 Å². The Hall–Kier alpha value is -2.60. The molecule has 0 atom stereocenters. The molecule has 0 amide bonds. The van der Waals surface area contributed by atoms with Gasteiger partial charge in [0.15, 0.2) is 0 Å². The van der Waals surface area contributed by atoms with Crippen LogP contribution in [-0.4, -0.2) is 14.7 Å². The van der Waals surface area contributed by atoms with Gasteiger partial charge in [-0.25, -0.2) is 4.98 Å². The SMILES string of the molecule is CC.CC.OCc1nccn1Cc1ccc(-c2ccc(C(F)(F)F)cc2)cc1. The van der Waals surface area contributed by atoms with Crippen LogP contribution in [-0.2, 0) is 19.3 Å². The fourth-order valence-corrected chi connectivity index (χ4v) is 2.49. The van der Waals surface area contributed by atoms with Crippen LogP contribution in [0.4, 0.5) is 13.2 Å². The van der Waals surface area contributed by atoms with E-state index in [9.17, 15) is 18.3 Å². The predicted molar refractivity (Wildman–Crippen MR) is 107 cm³/mol. The van der Waals surface area contributed by atoms with Gasteiger partial charge in [-0.1, -0.05) is 64.1 Å². The normalized spacial score (nSPS) is 10.4. The lowest BCUT2D eigenvalue weighted by atomic mass is 10.0. The molecule has 0 saturated carbocycles. The van der Waals surface area contributed by atoms with Gasteiger partial charge < -0.3 is 9.67 Å². The summed E-state index contributed by atoms with van der Waals surface area (Å²) in [5, 5.41) is 9.19. The number of hydrogen-bond acceptors (Lipinski definition) is 2. The Kier molecular flexibility index (Phi) is 9.45. The number of benzene rings is 2. The molecule has 0 aliphatic heterocycles. The summed E-state index contributed by atoms with van der Waals surface area (Å²) in [6, 6.07) is 12.7. The van der Waals surface area contributed by atoms with Gasteiger partial charge in [0.25, 0.3) is 0 Å². The highest BCUT2D eigenvalue weighted by Gasteiger charge is 2.29. The molecule has 1 N–H and O–H groups in total. The van der Waals surface area contributed by atoms with E-state index in [0.29, 0.717) is 12.4 Å². The number of rotatable bonds is 4. The second kappa shape index (κ2) is 11.3. The molecule has 0 aliphatic carbocycles. The van der Waals surface area contributed by atoms with E-state index in [1.54, 1.807) is 12.4 Å². The maximum Gasteiger partial charge on any atom is 0.416 e. The average molecular weight is 392 g/mol. The first-order valence-corrected chi connectivity index (χ1v) is 9.35. The first-order valence-electron chi connectivity index (χ1n) is 9.35. The van der Waals surface area contributed by atoms with Crippen molar-refractivity contribution >= 4 is 0 Å². The molecule has 0 radical (unpaired) electrons. The number of alkyl halides is 3. The zero-order chi connectivity index (χ0) is 21.2. The van der Waals surface area contributed by atoms with Gasteiger partial charge in [0.2, 0.25) is 0 Å². The van der Waals surface area contributed by atoms with Crippen LogP contribution in [0.1, 0.15) is 44.6 Å². The third-order valence-corrected chi connectivity index (χ3v) is 3.80. The quantitative estimate of drug-likeness (QED) is 0.577. The third-order valence-electron chi connectivity index (χ3n) is 3.80. The first kappa shape index (κ1) is 23.4. The van der Waals surface area contributed by atoms with Gasteiger partial charge in [-0.2, -0.15) is 13.2 Å². The predicted octanol–water partition coefficient (Wildman–Crippen LogP) is 6.16. The highest BCUT2D eigenvalue weighted by atomic mass is 19.4. The van der Waals surface area contributed by atoms with E-state index >= 15 is 0 Å². The van der Waals surface area contributed by atoms with Crippen LogP contribution < -0.4 is 0 Å². The fraction of sp³-hybridized carbons (Fsp3) is 0.318. The zero-order valence-corrected chi connectivity index (χ0v) is 16.7. The molecule has 0 bridgehead atoms. The number of nitrogens with zero attached hydrogens (tertiary/aromatic N) is 2. The minimum Gasteiger partial charge on any atom is -0.388 e. The molecule has 28 heavy (non-hydrogen) atoms. The van der Waals surface area contributed by atoms with Crippen molar-refractivity contribution < 1.29 is 18.3 Å². The molecule has 152 valence electrons. The fourth-order valence-electron chi connectivity index (χ4n) is 2.49. The Morgan fingerprint density at radius 3 is 1.82 bits per heavy atom. The molecule has 0 spiro atoms. The van der Waals surface area contributed by atoms with Gasteiger partial charge in [-0.05, 0) is 28.8 Å². The van der Waals surface area contributed by atoms with Gasteiger partial charge in [0.05, 0.1) is 5.56 Å². The van der Waals surface area contributed by atoms with Gasteiger partial charge in [-0.3, -0.25) is 0 Å². The number of aliphatic hydroxyl groups excluding tert-OH is 1. The Morgan fingerprint density at radius 2 is 1.36 bits per heavy atom. The van der Waals surface area contributed by atoms with Crippen LogP contribution in [0.15, 0.2) is 60.9 Å². The molecule has 3 aromatic rings. The summed E-state index contributed by atoms with van der Waals surface area (Å²) in [5.41, 5.74) is 1.94. The lowest BCUT2D eigenvalue weighted by Crippen LogP contribution is -2.04. The molecule has 0 unspecified atom stereocenters. The van der Waals surface area contributed by atoms with Crippen LogP contribution in [0.2, 0.25) is 0 Å². The van der Waals surface area contributed by atoms with Gasteiger partial charge in [0.1, 0.15) is 12.4 Å². The second-order valence-electron chi connectivity index (χ2n) is 5.40. The summed E-state index contributed by atoms with van der Waals surface area (Å²) in [6.45, 7) is 8.44. The molecule has 0 fully saturated rings. The van der Waals surface area contributed by atoms with Gasteiger partial charge in [0, 0.05) is 18.9 Å². The molecule has 0 saturated heterocycles. The number of aromatic nitrogens is 2. The van der Waals surface area contributed by atoms with Crippen LogP contribution >= 0.6 is 0 Å². The molecule has 1 aromatic heterocycles. The van der Waals surface area contributed by atoms with E-state index in [2.05, 4.69) is 4.98 Å². The summed E-state index contributed by atoms with van der Waals surface area (Å²) in [6.07, 6.45) is -0.908. The lowest BCUT2D eigenvalue weighted by molar-refractivity contribution is -0.137. The summed E-state index contributed by atoms with van der Waals surface area (Å²) >= 11 is 0. The molecule has 6 heteroatoms. The van der Waals surface area contributed by atoms with Crippen LogP contribution in [0, 0.1) is 0 Å². The van der Waals surface area contributed by atoms with E-state index in [1.165, 1.54) is 12.1 Å². The average Bonchev–Trinajstić information content (AvgIpc) is 3.18. The first-order chi connectivity index (χ1) is 13.5. The van der Waals surface area contributed by atoms with Crippen molar-refractivity contribution in [2.45, 2.75) is 47.0 Å². The van der Waals surface area contributed by atoms with Crippen molar-refractivity contribution in [1.82, 2.24) is 9.55 Å².